The minimum Gasteiger partial charge on any atom is -0.456 e. The van der Waals surface area contributed by atoms with Crippen LogP contribution in [0.4, 0.5) is 34.1 Å². The molecule has 3 nitrogen and oxygen atoms in total. The molecule has 1 aromatic heterocycles. The highest BCUT2D eigenvalue weighted by Gasteiger charge is 2.62. The van der Waals surface area contributed by atoms with Crippen molar-refractivity contribution in [3.63, 3.8) is 0 Å². The van der Waals surface area contributed by atoms with Crippen molar-refractivity contribution in [3.8, 4) is 0 Å². The summed E-state index contributed by atoms with van der Waals surface area (Å²) in [5.74, 6) is 1.76. The Morgan fingerprint density at radius 3 is 1.60 bits per heavy atom. The predicted octanol–water partition coefficient (Wildman–Crippen LogP) is 15.0. The first-order valence-electron chi connectivity index (χ1n) is 21.7. The van der Waals surface area contributed by atoms with Gasteiger partial charge in [-0.05, 0) is 151 Å². The Kier molecular flexibility index (Phi) is 7.93. The lowest BCUT2D eigenvalue weighted by molar-refractivity contribution is 0.350. The van der Waals surface area contributed by atoms with Crippen molar-refractivity contribution in [2.75, 3.05) is 9.80 Å². The summed E-state index contributed by atoms with van der Waals surface area (Å²) >= 11 is 0. The summed E-state index contributed by atoms with van der Waals surface area (Å²) < 4.78 is 6.53. The molecule has 2 saturated carbocycles. The molecule has 0 saturated heterocycles. The Morgan fingerprint density at radius 2 is 0.966 bits per heavy atom. The molecule has 3 unspecified atom stereocenters. The van der Waals surface area contributed by atoms with Crippen molar-refractivity contribution in [1.29, 1.82) is 0 Å². The van der Waals surface area contributed by atoms with Crippen LogP contribution in [0.25, 0.3) is 21.9 Å². The van der Waals surface area contributed by atoms with Gasteiger partial charge in [-0.1, -0.05) is 110 Å². The van der Waals surface area contributed by atoms with Gasteiger partial charge in [-0.2, -0.15) is 0 Å². The molecule has 2 fully saturated rings. The molecule has 1 heterocycles. The standard InChI is InChI=1S/C55H48N2O/c1-4-14-37(15-5-1)38-26-30-45(31-27-38)56(43-18-6-2-7-19-43)49-23-12-16-39-34-41-28-29-42-35-40-17-13-24-50(54(40)55(41,42)53(39)49)57(44-20-8-3-9-21-44)46-32-33-48-47-22-10-11-25-51(47)58-52(48)36-46/h2-3,6-13,16-27,30-33,36-37,41-42H,1,4-5,14-15,28-29,34-35H2. The summed E-state index contributed by atoms with van der Waals surface area (Å²) in [6, 6.07) is 61.4. The summed E-state index contributed by atoms with van der Waals surface area (Å²) in [4.78, 5) is 5.11. The molecule has 0 radical (unpaired) electrons. The van der Waals surface area contributed by atoms with Gasteiger partial charge >= 0.3 is 0 Å². The summed E-state index contributed by atoms with van der Waals surface area (Å²) in [6.45, 7) is 0. The van der Waals surface area contributed by atoms with Crippen LogP contribution in [0, 0.1) is 11.8 Å². The van der Waals surface area contributed by atoms with E-state index < -0.39 is 0 Å². The largest absolute Gasteiger partial charge is 0.456 e. The van der Waals surface area contributed by atoms with Gasteiger partial charge in [0.25, 0.3) is 0 Å². The number of furan rings is 1. The fourth-order valence-corrected chi connectivity index (χ4v) is 12.2. The Morgan fingerprint density at radius 1 is 0.431 bits per heavy atom. The minimum absolute atomic E-state index is 0.108. The van der Waals surface area contributed by atoms with Crippen LogP contribution < -0.4 is 9.80 Å². The first kappa shape index (κ1) is 34.0. The second kappa shape index (κ2) is 13.5. The second-order valence-electron chi connectivity index (χ2n) is 17.4. The van der Waals surface area contributed by atoms with E-state index in [1.165, 1.54) is 89.9 Å². The fraction of sp³-hybridized carbons (Fsp3) is 0.236. The van der Waals surface area contributed by atoms with Gasteiger partial charge in [0, 0.05) is 45.0 Å². The van der Waals surface area contributed by atoms with Crippen LogP contribution in [0.5, 0.6) is 0 Å². The zero-order valence-corrected chi connectivity index (χ0v) is 33.0. The molecule has 0 aliphatic heterocycles. The molecular weight excluding hydrogens is 705 g/mol. The number of fused-ring (bicyclic) bond motifs is 5. The van der Waals surface area contributed by atoms with E-state index in [4.69, 9.17) is 4.42 Å². The zero-order valence-electron chi connectivity index (χ0n) is 33.0. The van der Waals surface area contributed by atoms with Crippen LogP contribution in [0.15, 0.2) is 168 Å². The van der Waals surface area contributed by atoms with Gasteiger partial charge < -0.3 is 14.2 Å². The SMILES string of the molecule is c1ccc(N(c2ccc(C3CCCCC3)cc2)c2cccc3c2C24c5c(cccc5N(c5ccccc5)c5ccc6c(c5)oc5ccccc56)CC2CCC4C3)cc1. The molecule has 7 aromatic carbocycles. The van der Waals surface area contributed by atoms with Gasteiger partial charge in [-0.25, -0.2) is 0 Å². The normalized spacial score (nSPS) is 20.8. The quantitative estimate of drug-likeness (QED) is 0.162. The third kappa shape index (κ3) is 5.11. The van der Waals surface area contributed by atoms with Crippen molar-refractivity contribution < 1.29 is 4.42 Å². The van der Waals surface area contributed by atoms with Gasteiger partial charge in [0.2, 0.25) is 0 Å². The highest BCUT2D eigenvalue weighted by atomic mass is 16.3. The fourth-order valence-electron chi connectivity index (χ4n) is 12.2. The van der Waals surface area contributed by atoms with Crippen LogP contribution >= 0.6 is 0 Å². The minimum atomic E-state index is -0.108. The van der Waals surface area contributed by atoms with Crippen LogP contribution in [0.3, 0.4) is 0 Å². The Labute approximate surface area is 341 Å². The number of nitrogens with zero attached hydrogens (tertiary/aromatic N) is 2. The number of para-hydroxylation sites is 3. The smallest absolute Gasteiger partial charge is 0.137 e. The molecule has 3 atom stereocenters. The van der Waals surface area contributed by atoms with Crippen molar-refractivity contribution in [3.05, 3.63) is 192 Å². The average Bonchev–Trinajstić information content (AvgIpc) is 4.02. The molecule has 12 rings (SSSR count). The predicted molar refractivity (Wildman–Crippen MR) is 240 cm³/mol. The van der Waals surface area contributed by atoms with Crippen molar-refractivity contribution in [2.45, 2.75) is 69.1 Å². The van der Waals surface area contributed by atoms with E-state index in [-0.39, 0.29) is 5.41 Å². The van der Waals surface area contributed by atoms with Gasteiger partial charge in [0.1, 0.15) is 11.2 Å². The highest BCUT2D eigenvalue weighted by Crippen LogP contribution is 2.68. The molecule has 3 heteroatoms. The molecule has 4 aliphatic rings. The van der Waals surface area contributed by atoms with E-state index in [1.54, 1.807) is 5.56 Å². The van der Waals surface area contributed by atoms with E-state index in [2.05, 4.69) is 174 Å². The molecule has 0 N–H and O–H groups in total. The number of benzene rings is 7. The first-order chi connectivity index (χ1) is 28.8. The molecular formula is C55H48N2O. The second-order valence-corrected chi connectivity index (χ2v) is 17.4. The summed E-state index contributed by atoms with van der Waals surface area (Å²) in [5, 5.41) is 2.32. The number of anilines is 6. The number of hydrogen-bond donors (Lipinski definition) is 0. The summed E-state index contributed by atoms with van der Waals surface area (Å²) in [5.41, 5.74) is 16.7. The highest BCUT2D eigenvalue weighted by molar-refractivity contribution is 6.06. The van der Waals surface area contributed by atoms with Gasteiger partial charge in [0.05, 0.1) is 11.4 Å². The number of rotatable bonds is 7. The van der Waals surface area contributed by atoms with Gasteiger partial charge in [-0.3, -0.25) is 0 Å². The molecule has 58 heavy (non-hydrogen) atoms. The van der Waals surface area contributed by atoms with E-state index >= 15 is 0 Å². The summed E-state index contributed by atoms with van der Waals surface area (Å²) in [7, 11) is 0. The van der Waals surface area contributed by atoms with Crippen LogP contribution in [-0.2, 0) is 18.3 Å². The first-order valence-corrected chi connectivity index (χ1v) is 21.7. The molecule has 4 aliphatic carbocycles. The van der Waals surface area contributed by atoms with Crippen LogP contribution in [0.2, 0.25) is 0 Å². The Bertz CT molecular complexity index is 2790. The van der Waals surface area contributed by atoms with E-state index in [9.17, 15) is 0 Å². The monoisotopic (exact) mass is 752 g/mol. The Hall–Kier alpha value is -6.06. The lowest BCUT2D eigenvalue weighted by Crippen LogP contribution is -2.34. The maximum Gasteiger partial charge on any atom is 0.137 e. The van der Waals surface area contributed by atoms with E-state index in [1.807, 2.05) is 0 Å². The third-order valence-corrected chi connectivity index (χ3v) is 14.5. The molecule has 284 valence electrons. The van der Waals surface area contributed by atoms with Crippen molar-refractivity contribution >= 4 is 56.1 Å². The Balaban J connectivity index is 1.06. The molecule has 0 bridgehead atoms. The molecule has 0 amide bonds. The summed E-state index contributed by atoms with van der Waals surface area (Å²) in [6.07, 6.45) is 11.4. The lowest BCUT2D eigenvalue weighted by atomic mass is 9.68. The molecule has 8 aromatic rings. The van der Waals surface area contributed by atoms with Crippen molar-refractivity contribution in [2.24, 2.45) is 11.8 Å². The average molecular weight is 753 g/mol. The third-order valence-electron chi connectivity index (χ3n) is 14.5. The maximum absolute atomic E-state index is 6.53. The van der Waals surface area contributed by atoms with Gasteiger partial charge in [0.15, 0.2) is 0 Å². The lowest BCUT2D eigenvalue weighted by Gasteiger charge is -2.40. The van der Waals surface area contributed by atoms with E-state index in [0.717, 1.165) is 46.2 Å². The topological polar surface area (TPSA) is 19.6 Å². The van der Waals surface area contributed by atoms with E-state index in [0.29, 0.717) is 17.8 Å². The van der Waals surface area contributed by atoms with Gasteiger partial charge in [-0.15, -0.1) is 0 Å². The van der Waals surface area contributed by atoms with Crippen LogP contribution in [-0.4, -0.2) is 0 Å². The number of hydrogen-bond acceptors (Lipinski definition) is 3. The zero-order chi connectivity index (χ0) is 38.2. The van der Waals surface area contributed by atoms with Crippen LogP contribution in [0.1, 0.15) is 78.7 Å². The molecule has 1 spiro atoms. The van der Waals surface area contributed by atoms with Crippen molar-refractivity contribution in [1.82, 2.24) is 0 Å². The maximum atomic E-state index is 6.53.